The number of carbonyl (C=O) groups is 1. The fraction of sp³-hybridized carbons (Fsp3) is 0.611. The molecular formula is C18H21F3N2O6. The third-order valence-corrected chi connectivity index (χ3v) is 5.17. The predicted molar refractivity (Wildman–Crippen MR) is 92.9 cm³/mol. The van der Waals surface area contributed by atoms with Crippen LogP contribution in [0.2, 0.25) is 0 Å². The fourth-order valence-electron chi connectivity index (χ4n) is 3.33. The lowest BCUT2D eigenvalue weighted by Crippen LogP contribution is -2.57. The molecule has 1 aromatic rings. The largest absolute Gasteiger partial charge is 0.573 e. The van der Waals surface area contributed by atoms with Gasteiger partial charge in [-0.05, 0) is 37.1 Å². The van der Waals surface area contributed by atoms with Crippen LogP contribution < -0.4 is 10.1 Å². The minimum atomic E-state index is -4.79. The van der Waals surface area contributed by atoms with Gasteiger partial charge < -0.3 is 19.5 Å². The van der Waals surface area contributed by atoms with Gasteiger partial charge in [-0.3, -0.25) is 14.9 Å². The molecule has 1 spiro atoms. The SMILES string of the molecule is CC1([N+](=O)[O-])COC2(CCC(NC(=O)c3ccc(OC(F)(F)F)cc3)CC2)OC1. The van der Waals surface area contributed by atoms with Crippen LogP contribution in [0, 0.1) is 10.1 Å². The lowest BCUT2D eigenvalue weighted by molar-refractivity contribution is -0.592. The van der Waals surface area contributed by atoms with E-state index in [1.165, 1.54) is 19.1 Å². The third kappa shape index (κ3) is 5.15. The Morgan fingerprint density at radius 2 is 1.76 bits per heavy atom. The number of alkyl halides is 3. The molecule has 1 aliphatic heterocycles. The Kier molecular flexibility index (Phi) is 5.72. The molecule has 0 atom stereocenters. The zero-order valence-electron chi connectivity index (χ0n) is 15.7. The van der Waals surface area contributed by atoms with Gasteiger partial charge in [-0.2, -0.15) is 0 Å². The Morgan fingerprint density at radius 1 is 1.21 bits per heavy atom. The van der Waals surface area contributed by atoms with Gasteiger partial charge in [0, 0.05) is 36.3 Å². The summed E-state index contributed by atoms with van der Waals surface area (Å²) in [6.07, 6.45) is -2.73. The van der Waals surface area contributed by atoms with E-state index >= 15 is 0 Å². The van der Waals surface area contributed by atoms with Gasteiger partial charge in [-0.25, -0.2) is 0 Å². The second-order valence-corrected chi connectivity index (χ2v) is 7.56. The summed E-state index contributed by atoms with van der Waals surface area (Å²) in [4.78, 5) is 23.0. The van der Waals surface area contributed by atoms with E-state index in [1.807, 2.05) is 0 Å². The molecule has 0 unspecified atom stereocenters. The molecule has 11 heteroatoms. The number of nitro groups is 1. The first-order chi connectivity index (χ1) is 13.5. The maximum Gasteiger partial charge on any atom is 0.573 e. The maximum absolute atomic E-state index is 12.3. The summed E-state index contributed by atoms with van der Waals surface area (Å²) in [5, 5.41) is 13.9. The average Bonchev–Trinajstić information content (AvgIpc) is 2.65. The molecule has 1 N–H and O–H groups in total. The minimum absolute atomic E-state index is 0.0383. The average molecular weight is 418 g/mol. The van der Waals surface area contributed by atoms with Crippen LogP contribution in [0.4, 0.5) is 13.2 Å². The van der Waals surface area contributed by atoms with Gasteiger partial charge in [-0.1, -0.05) is 0 Å². The molecule has 2 aliphatic rings. The van der Waals surface area contributed by atoms with Gasteiger partial charge in [0.1, 0.15) is 19.0 Å². The van der Waals surface area contributed by atoms with Crippen LogP contribution in [0.1, 0.15) is 43.0 Å². The normalized spacial score (nSPS) is 30.0. The lowest BCUT2D eigenvalue weighted by Gasteiger charge is -2.44. The predicted octanol–water partition coefficient (Wildman–Crippen LogP) is 3.04. The van der Waals surface area contributed by atoms with E-state index in [0.717, 1.165) is 12.1 Å². The van der Waals surface area contributed by atoms with Gasteiger partial charge in [0.25, 0.3) is 11.4 Å². The maximum atomic E-state index is 12.3. The van der Waals surface area contributed by atoms with Crippen molar-refractivity contribution in [2.45, 2.75) is 56.3 Å². The molecule has 1 saturated heterocycles. The number of halogens is 3. The molecule has 1 saturated carbocycles. The summed E-state index contributed by atoms with van der Waals surface area (Å²) < 4.78 is 51.7. The number of nitrogens with zero attached hydrogens (tertiary/aromatic N) is 1. The summed E-state index contributed by atoms with van der Waals surface area (Å²) in [5.41, 5.74) is -1.05. The zero-order valence-corrected chi connectivity index (χ0v) is 15.7. The number of carbonyl (C=O) groups excluding carboxylic acids is 1. The summed E-state index contributed by atoms with van der Waals surface area (Å²) in [6.45, 7) is 1.39. The molecule has 29 heavy (non-hydrogen) atoms. The molecular weight excluding hydrogens is 397 g/mol. The second kappa shape index (κ2) is 7.79. The zero-order chi connectivity index (χ0) is 21.3. The third-order valence-electron chi connectivity index (χ3n) is 5.17. The van der Waals surface area contributed by atoms with Crippen molar-refractivity contribution >= 4 is 5.91 Å². The van der Waals surface area contributed by atoms with Crippen LogP contribution >= 0.6 is 0 Å². The van der Waals surface area contributed by atoms with Gasteiger partial charge in [0.05, 0.1) is 0 Å². The topological polar surface area (TPSA) is 99.9 Å². The van der Waals surface area contributed by atoms with E-state index in [0.29, 0.717) is 25.7 Å². The molecule has 0 aromatic heterocycles. The molecule has 1 aromatic carbocycles. The molecule has 0 bridgehead atoms. The lowest BCUT2D eigenvalue weighted by atomic mass is 9.88. The molecule has 160 valence electrons. The molecule has 1 aliphatic carbocycles. The molecule has 2 fully saturated rings. The van der Waals surface area contributed by atoms with Crippen LogP contribution in [0.3, 0.4) is 0 Å². The van der Waals surface area contributed by atoms with E-state index in [4.69, 9.17) is 9.47 Å². The smallest absolute Gasteiger partial charge is 0.406 e. The number of benzene rings is 1. The van der Waals surface area contributed by atoms with Crippen LogP contribution in [-0.2, 0) is 9.47 Å². The van der Waals surface area contributed by atoms with Crippen LogP contribution in [0.25, 0.3) is 0 Å². The first-order valence-corrected chi connectivity index (χ1v) is 9.09. The van der Waals surface area contributed by atoms with Crippen molar-refractivity contribution in [3.8, 4) is 5.75 Å². The van der Waals surface area contributed by atoms with Crippen molar-refractivity contribution in [1.29, 1.82) is 0 Å². The number of rotatable bonds is 4. The number of amides is 1. The second-order valence-electron chi connectivity index (χ2n) is 7.56. The van der Waals surface area contributed by atoms with Gasteiger partial charge in [-0.15, -0.1) is 13.2 Å². The highest BCUT2D eigenvalue weighted by Gasteiger charge is 2.50. The van der Waals surface area contributed by atoms with E-state index < -0.39 is 34.3 Å². The number of hydrogen-bond acceptors (Lipinski definition) is 6. The first-order valence-electron chi connectivity index (χ1n) is 9.09. The highest BCUT2D eigenvalue weighted by Crippen LogP contribution is 2.38. The fourth-order valence-corrected chi connectivity index (χ4v) is 3.33. The van der Waals surface area contributed by atoms with E-state index in [-0.39, 0.29) is 24.8 Å². The Balaban J connectivity index is 1.49. The van der Waals surface area contributed by atoms with Crippen molar-refractivity contribution in [2.75, 3.05) is 13.2 Å². The van der Waals surface area contributed by atoms with Crippen LogP contribution in [0.5, 0.6) is 5.75 Å². The number of ether oxygens (including phenoxy) is 3. The Morgan fingerprint density at radius 3 is 2.24 bits per heavy atom. The van der Waals surface area contributed by atoms with Crippen molar-refractivity contribution < 1.29 is 37.1 Å². The standard InChI is InChI=1S/C18H21F3N2O6/c1-16(23(25)26)10-27-17(28-11-16)8-6-13(7-9-17)22-15(24)12-2-4-14(5-3-12)29-18(19,20)21/h2-5,13H,6-11H2,1H3,(H,22,24). The van der Waals surface area contributed by atoms with Crippen molar-refractivity contribution in [1.82, 2.24) is 5.32 Å². The molecule has 0 radical (unpaired) electrons. The molecule has 1 heterocycles. The van der Waals surface area contributed by atoms with E-state index in [1.54, 1.807) is 0 Å². The number of nitrogens with one attached hydrogen (secondary N) is 1. The minimum Gasteiger partial charge on any atom is -0.406 e. The Labute approximate surface area is 164 Å². The van der Waals surface area contributed by atoms with Crippen LogP contribution in [0.15, 0.2) is 24.3 Å². The molecule has 1 amide bonds. The summed E-state index contributed by atoms with van der Waals surface area (Å²) >= 11 is 0. The number of hydrogen-bond donors (Lipinski definition) is 1. The van der Waals surface area contributed by atoms with Crippen molar-refractivity contribution in [2.24, 2.45) is 0 Å². The molecule has 8 nitrogen and oxygen atoms in total. The highest BCUT2D eigenvalue weighted by molar-refractivity contribution is 5.94. The summed E-state index contributed by atoms with van der Waals surface area (Å²) in [7, 11) is 0. The highest BCUT2D eigenvalue weighted by atomic mass is 19.4. The molecule has 3 rings (SSSR count). The van der Waals surface area contributed by atoms with E-state index in [9.17, 15) is 28.1 Å². The quantitative estimate of drug-likeness (QED) is 0.596. The van der Waals surface area contributed by atoms with Crippen molar-refractivity contribution in [3.63, 3.8) is 0 Å². The van der Waals surface area contributed by atoms with Gasteiger partial charge >= 0.3 is 6.36 Å². The first kappa shape index (κ1) is 21.3. The van der Waals surface area contributed by atoms with Gasteiger partial charge in [0.15, 0.2) is 5.79 Å². The van der Waals surface area contributed by atoms with E-state index in [2.05, 4.69) is 10.1 Å². The monoisotopic (exact) mass is 418 g/mol. The van der Waals surface area contributed by atoms with Crippen LogP contribution in [-0.4, -0.2) is 47.8 Å². The Hall–Kier alpha value is -2.40. The summed E-state index contributed by atoms with van der Waals surface area (Å²) in [6, 6.07) is 4.51. The van der Waals surface area contributed by atoms with Crippen molar-refractivity contribution in [3.05, 3.63) is 39.9 Å². The Bertz CT molecular complexity index is 750. The van der Waals surface area contributed by atoms with Gasteiger partial charge in [0.2, 0.25) is 0 Å². The summed E-state index contributed by atoms with van der Waals surface area (Å²) in [5.74, 6) is -1.68.